The Hall–Kier alpha value is -7.95. The minimum absolute atomic E-state index is 0.632. The molecule has 0 aliphatic heterocycles. The lowest BCUT2D eigenvalue weighted by Gasteiger charge is -2.22. The molecule has 0 radical (unpaired) electrons. The maximum atomic E-state index is 5.26. The van der Waals surface area contributed by atoms with Crippen LogP contribution in [0.1, 0.15) is 17.5 Å². The van der Waals surface area contributed by atoms with Gasteiger partial charge in [0.05, 0.1) is 16.7 Å². The molecule has 2 heterocycles. The first-order valence-electron chi connectivity index (χ1n) is 21.0. The van der Waals surface area contributed by atoms with E-state index < -0.39 is 0 Å². The molecule has 4 nitrogen and oxygen atoms in total. The van der Waals surface area contributed by atoms with Crippen LogP contribution in [-0.4, -0.2) is 19.5 Å². The third-order valence-electron chi connectivity index (χ3n) is 12.3. The van der Waals surface area contributed by atoms with E-state index >= 15 is 0 Å². The molecule has 0 N–H and O–H groups in total. The fraction of sp³-hybridized carbons (Fsp3) is 0.0351. The van der Waals surface area contributed by atoms with Crippen molar-refractivity contribution in [3.05, 3.63) is 211 Å². The lowest BCUT2D eigenvalue weighted by atomic mass is 9.85. The normalized spacial score (nSPS) is 12.4. The predicted molar refractivity (Wildman–Crippen MR) is 254 cm³/mol. The number of rotatable bonds is 6. The van der Waals surface area contributed by atoms with Gasteiger partial charge in [-0.25, -0.2) is 15.0 Å². The van der Waals surface area contributed by atoms with Gasteiger partial charge < -0.3 is 4.57 Å². The largest absolute Gasteiger partial charge is 0.309 e. The summed E-state index contributed by atoms with van der Waals surface area (Å²) in [6, 6.07) is 69.3. The molecule has 1 aliphatic carbocycles. The van der Waals surface area contributed by atoms with Crippen LogP contribution < -0.4 is 0 Å². The summed E-state index contributed by atoms with van der Waals surface area (Å²) in [5.41, 5.74) is 13.7. The second kappa shape index (κ2) is 14.4. The van der Waals surface area contributed by atoms with Gasteiger partial charge in [-0.2, -0.15) is 0 Å². The molecular formula is C57H38N4. The number of hydrogen-bond donors (Lipinski definition) is 0. The molecule has 2 aromatic heterocycles. The van der Waals surface area contributed by atoms with Gasteiger partial charge in [-0.1, -0.05) is 176 Å². The highest BCUT2D eigenvalue weighted by molar-refractivity contribution is 6.19. The standard InChI is InChI=1S/C57H38N4/c1-4-17-37(18-5-1)40-23-16-24-41(33-40)42-31-32-48-47-28-14-15-30-51(47)61(52(48)35-42)53-36-43(34-50-46-27-11-10-25-44(46)45-26-12-13-29-49(45)54(50)53)57-59-55(38-19-6-2-7-20-38)58-56(60-57)39-21-8-3-9-22-39/h1-11,13-25,27-36H,12,26H2. The molecular weight excluding hydrogens is 741 g/mol. The van der Waals surface area contributed by atoms with Gasteiger partial charge in [-0.3, -0.25) is 0 Å². The van der Waals surface area contributed by atoms with Crippen LogP contribution in [0.2, 0.25) is 0 Å². The average Bonchev–Trinajstić information content (AvgIpc) is 3.68. The minimum Gasteiger partial charge on any atom is -0.309 e. The van der Waals surface area contributed by atoms with Crippen LogP contribution in [0.15, 0.2) is 200 Å². The van der Waals surface area contributed by atoms with Gasteiger partial charge in [0.25, 0.3) is 0 Å². The third kappa shape index (κ3) is 5.95. The zero-order valence-electron chi connectivity index (χ0n) is 33.3. The number of hydrogen-bond acceptors (Lipinski definition) is 3. The Balaban J connectivity index is 1.18. The summed E-state index contributed by atoms with van der Waals surface area (Å²) in [5, 5.41) is 7.35. The molecule has 4 heteroatoms. The summed E-state index contributed by atoms with van der Waals surface area (Å²) in [7, 11) is 0. The number of allylic oxidation sites excluding steroid dienone is 1. The lowest BCUT2D eigenvalue weighted by Crippen LogP contribution is -2.04. The number of para-hydroxylation sites is 1. The molecule has 0 spiro atoms. The van der Waals surface area contributed by atoms with E-state index in [-0.39, 0.29) is 0 Å². The van der Waals surface area contributed by atoms with Crippen molar-refractivity contribution in [3.8, 4) is 62.1 Å². The minimum atomic E-state index is 0.632. The third-order valence-corrected chi connectivity index (χ3v) is 12.3. The van der Waals surface area contributed by atoms with Crippen LogP contribution in [0, 0.1) is 0 Å². The highest BCUT2D eigenvalue weighted by Gasteiger charge is 2.23. The summed E-state index contributed by atoms with van der Waals surface area (Å²) in [6.07, 6.45) is 6.70. The van der Waals surface area contributed by atoms with E-state index in [1.54, 1.807) is 0 Å². The van der Waals surface area contributed by atoms with E-state index in [1.165, 1.54) is 65.7 Å². The fourth-order valence-electron chi connectivity index (χ4n) is 9.44. The van der Waals surface area contributed by atoms with E-state index in [0.717, 1.165) is 46.3 Å². The molecule has 1 aliphatic rings. The number of benzene rings is 9. The second-order valence-electron chi connectivity index (χ2n) is 15.9. The molecule has 9 aromatic carbocycles. The first-order valence-corrected chi connectivity index (χ1v) is 21.0. The molecule has 12 rings (SSSR count). The number of aryl methyl sites for hydroxylation is 1. The van der Waals surface area contributed by atoms with Crippen LogP contribution in [0.3, 0.4) is 0 Å². The molecule has 0 bridgehead atoms. The molecule has 0 fully saturated rings. The summed E-state index contributed by atoms with van der Waals surface area (Å²) in [6.45, 7) is 0. The summed E-state index contributed by atoms with van der Waals surface area (Å²) >= 11 is 0. The topological polar surface area (TPSA) is 43.6 Å². The van der Waals surface area contributed by atoms with Crippen molar-refractivity contribution >= 4 is 49.4 Å². The van der Waals surface area contributed by atoms with Gasteiger partial charge in [0.2, 0.25) is 0 Å². The van der Waals surface area contributed by atoms with E-state index in [4.69, 9.17) is 15.0 Å². The van der Waals surface area contributed by atoms with Crippen molar-refractivity contribution in [2.45, 2.75) is 12.8 Å². The Kier molecular flexibility index (Phi) is 8.27. The molecule has 0 saturated heterocycles. The Bertz CT molecular complexity index is 3460. The highest BCUT2D eigenvalue weighted by atomic mass is 15.0. The summed E-state index contributed by atoms with van der Waals surface area (Å²) < 4.78 is 2.50. The highest BCUT2D eigenvalue weighted by Crippen LogP contribution is 2.44. The number of aromatic nitrogens is 4. The molecule has 11 aromatic rings. The monoisotopic (exact) mass is 778 g/mol. The van der Waals surface area contributed by atoms with E-state index in [9.17, 15) is 0 Å². The first-order chi connectivity index (χ1) is 30.2. The van der Waals surface area contributed by atoms with Gasteiger partial charge in [0, 0.05) is 32.8 Å². The van der Waals surface area contributed by atoms with Crippen molar-refractivity contribution in [1.29, 1.82) is 0 Å². The van der Waals surface area contributed by atoms with Crippen molar-refractivity contribution in [2.75, 3.05) is 0 Å². The number of nitrogens with zero attached hydrogens (tertiary/aromatic N) is 4. The SMILES string of the molecule is C1=Cc2c(c3ccccc3c3cc(-c4nc(-c5ccccc5)nc(-c5ccccc5)n4)cc(-n4c5ccccc5c5ccc(-c6cccc(-c7ccccc7)c6)cc54)c23)CC1. The van der Waals surface area contributed by atoms with E-state index in [2.05, 4.69) is 174 Å². The Morgan fingerprint density at radius 1 is 0.361 bits per heavy atom. The van der Waals surface area contributed by atoms with Crippen molar-refractivity contribution < 1.29 is 0 Å². The zero-order chi connectivity index (χ0) is 40.3. The van der Waals surface area contributed by atoms with Gasteiger partial charge in [-0.05, 0) is 92.7 Å². The van der Waals surface area contributed by atoms with Gasteiger partial charge in [-0.15, -0.1) is 0 Å². The molecule has 61 heavy (non-hydrogen) atoms. The smallest absolute Gasteiger partial charge is 0.164 e. The second-order valence-corrected chi connectivity index (χ2v) is 15.9. The van der Waals surface area contributed by atoms with Crippen LogP contribution in [0.5, 0.6) is 0 Å². The maximum absolute atomic E-state index is 5.26. The van der Waals surface area contributed by atoms with Crippen LogP contribution in [0.4, 0.5) is 0 Å². The van der Waals surface area contributed by atoms with Crippen LogP contribution in [0.25, 0.3) is 112 Å². The summed E-state index contributed by atoms with van der Waals surface area (Å²) in [4.78, 5) is 15.6. The molecule has 0 atom stereocenters. The van der Waals surface area contributed by atoms with Gasteiger partial charge in [0.1, 0.15) is 0 Å². The Labute approximate surface area is 353 Å². The molecule has 0 amide bonds. The number of fused-ring (bicyclic) bond motifs is 9. The Morgan fingerprint density at radius 2 is 0.902 bits per heavy atom. The van der Waals surface area contributed by atoms with Crippen LogP contribution in [-0.2, 0) is 6.42 Å². The van der Waals surface area contributed by atoms with E-state index in [0.29, 0.717) is 17.5 Å². The van der Waals surface area contributed by atoms with Crippen molar-refractivity contribution in [1.82, 2.24) is 19.5 Å². The van der Waals surface area contributed by atoms with Gasteiger partial charge >= 0.3 is 0 Å². The maximum Gasteiger partial charge on any atom is 0.164 e. The quantitative estimate of drug-likeness (QED) is 0.158. The van der Waals surface area contributed by atoms with E-state index in [1.807, 2.05) is 36.4 Å². The first kappa shape index (κ1) is 35.0. The molecule has 286 valence electrons. The fourth-order valence-corrected chi connectivity index (χ4v) is 9.44. The lowest BCUT2D eigenvalue weighted by molar-refractivity contribution is 1.000. The summed E-state index contributed by atoms with van der Waals surface area (Å²) in [5.74, 6) is 1.92. The van der Waals surface area contributed by atoms with Crippen molar-refractivity contribution in [2.24, 2.45) is 0 Å². The van der Waals surface area contributed by atoms with Crippen LogP contribution >= 0.6 is 0 Å². The zero-order valence-corrected chi connectivity index (χ0v) is 33.3. The predicted octanol–water partition coefficient (Wildman–Crippen LogP) is 14.6. The van der Waals surface area contributed by atoms with Gasteiger partial charge in [0.15, 0.2) is 17.5 Å². The van der Waals surface area contributed by atoms with Crippen molar-refractivity contribution in [3.63, 3.8) is 0 Å². The molecule has 0 unspecified atom stereocenters. The Morgan fingerprint density at radius 3 is 1.61 bits per heavy atom. The molecule has 0 saturated carbocycles. The average molecular weight is 779 g/mol.